The lowest BCUT2D eigenvalue weighted by Gasteiger charge is -2.35. The molecule has 1 aromatic carbocycles. The molecule has 0 unspecified atom stereocenters. The Labute approximate surface area is 103 Å². The van der Waals surface area contributed by atoms with E-state index >= 15 is 0 Å². The Morgan fingerprint density at radius 3 is 2.53 bits per heavy atom. The minimum atomic E-state index is 0.460. The van der Waals surface area contributed by atoms with Crippen LogP contribution in [0.2, 0.25) is 0 Å². The maximum absolute atomic E-state index is 5.27. The van der Waals surface area contributed by atoms with Crippen molar-refractivity contribution >= 4 is 0 Å². The molecule has 1 aliphatic carbocycles. The van der Waals surface area contributed by atoms with Crippen LogP contribution < -0.4 is 5.32 Å². The number of methoxy groups -OCH3 is 2. The van der Waals surface area contributed by atoms with Gasteiger partial charge in [0.05, 0.1) is 12.7 Å². The van der Waals surface area contributed by atoms with Crippen LogP contribution in [0.4, 0.5) is 0 Å². The summed E-state index contributed by atoms with van der Waals surface area (Å²) in [6.07, 6.45) is 2.72. The Morgan fingerprint density at radius 1 is 1.18 bits per heavy atom. The van der Waals surface area contributed by atoms with Gasteiger partial charge in [0.25, 0.3) is 0 Å². The second kappa shape index (κ2) is 6.15. The van der Waals surface area contributed by atoms with Crippen molar-refractivity contribution in [2.45, 2.75) is 38.1 Å². The quantitative estimate of drug-likeness (QED) is 0.819. The number of rotatable bonds is 6. The largest absolute Gasteiger partial charge is 0.381 e. The van der Waals surface area contributed by atoms with Gasteiger partial charge in [-0.05, 0) is 24.0 Å². The number of benzene rings is 1. The van der Waals surface area contributed by atoms with E-state index in [-0.39, 0.29) is 0 Å². The van der Waals surface area contributed by atoms with Crippen LogP contribution in [0.3, 0.4) is 0 Å². The van der Waals surface area contributed by atoms with Crippen LogP contribution in [0.15, 0.2) is 24.3 Å². The molecule has 1 N–H and O–H groups in total. The summed E-state index contributed by atoms with van der Waals surface area (Å²) in [5.41, 5.74) is 2.60. The first kappa shape index (κ1) is 12.6. The molecule has 2 rings (SSSR count). The molecule has 0 saturated heterocycles. The van der Waals surface area contributed by atoms with Crippen molar-refractivity contribution in [3.63, 3.8) is 0 Å². The molecule has 1 aromatic rings. The van der Waals surface area contributed by atoms with Gasteiger partial charge in [0.2, 0.25) is 0 Å². The highest BCUT2D eigenvalue weighted by Gasteiger charge is 2.28. The average molecular weight is 235 g/mol. The molecular formula is C14H21NO2. The summed E-state index contributed by atoms with van der Waals surface area (Å²) in [5.74, 6) is 0. The molecule has 0 atom stereocenters. The first-order chi connectivity index (χ1) is 8.33. The van der Waals surface area contributed by atoms with Gasteiger partial charge in [-0.3, -0.25) is 0 Å². The van der Waals surface area contributed by atoms with E-state index in [0.29, 0.717) is 18.8 Å². The minimum absolute atomic E-state index is 0.460. The second-order valence-corrected chi connectivity index (χ2v) is 4.61. The smallest absolute Gasteiger partial charge is 0.0716 e. The Hall–Kier alpha value is -0.900. The fourth-order valence-corrected chi connectivity index (χ4v) is 2.21. The van der Waals surface area contributed by atoms with Crippen molar-refractivity contribution in [2.24, 2.45) is 0 Å². The molecule has 0 heterocycles. The van der Waals surface area contributed by atoms with Crippen molar-refractivity contribution < 1.29 is 9.47 Å². The zero-order chi connectivity index (χ0) is 12.1. The topological polar surface area (TPSA) is 30.5 Å². The van der Waals surface area contributed by atoms with Gasteiger partial charge < -0.3 is 14.8 Å². The predicted molar refractivity (Wildman–Crippen MR) is 67.8 cm³/mol. The summed E-state index contributed by atoms with van der Waals surface area (Å²) in [6.45, 7) is 1.60. The van der Waals surface area contributed by atoms with E-state index in [1.807, 2.05) is 0 Å². The summed E-state index contributed by atoms with van der Waals surface area (Å²) in [7, 11) is 3.52. The minimum Gasteiger partial charge on any atom is -0.381 e. The van der Waals surface area contributed by atoms with Crippen LogP contribution in [-0.4, -0.2) is 26.4 Å². The van der Waals surface area contributed by atoms with E-state index in [2.05, 4.69) is 29.6 Å². The zero-order valence-corrected chi connectivity index (χ0v) is 10.6. The number of ether oxygens (including phenoxy) is 2. The van der Waals surface area contributed by atoms with Crippen LogP contribution >= 0.6 is 0 Å². The standard InChI is InChI=1S/C14H21NO2/c1-16-10-12-6-4-3-5-11(12)9-15-13-7-14(8-13)17-2/h3-6,13-15H,7-10H2,1-2H3. The van der Waals surface area contributed by atoms with Gasteiger partial charge in [-0.2, -0.15) is 0 Å². The second-order valence-electron chi connectivity index (χ2n) is 4.61. The third-order valence-electron chi connectivity index (χ3n) is 3.43. The SMILES string of the molecule is COCc1ccccc1CNC1CC(OC)C1. The lowest BCUT2D eigenvalue weighted by atomic mass is 9.89. The Bertz CT molecular complexity index is 348. The van der Waals surface area contributed by atoms with Crippen LogP contribution in [0.1, 0.15) is 24.0 Å². The van der Waals surface area contributed by atoms with Crippen molar-refractivity contribution in [1.29, 1.82) is 0 Å². The normalized spacial score (nSPS) is 23.4. The van der Waals surface area contributed by atoms with Crippen LogP contribution in [-0.2, 0) is 22.6 Å². The first-order valence-corrected chi connectivity index (χ1v) is 6.15. The molecule has 1 fully saturated rings. The van der Waals surface area contributed by atoms with Crippen molar-refractivity contribution in [3.05, 3.63) is 35.4 Å². The van der Waals surface area contributed by atoms with Gasteiger partial charge >= 0.3 is 0 Å². The first-order valence-electron chi connectivity index (χ1n) is 6.15. The number of hydrogen-bond donors (Lipinski definition) is 1. The van der Waals surface area contributed by atoms with Gasteiger partial charge in [0, 0.05) is 26.8 Å². The monoisotopic (exact) mass is 235 g/mol. The summed E-state index contributed by atoms with van der Waals surface area (Å²) in [5, 5.41) is 3.56. The van der Waals surface area contributed by atoms with Crippen LogP contribution in [0, 0.1) is 0 Å². The molecule has 94 valence electrons. The van der Waals surface area contributed by atoms with Gasteiger partial charge in [0.15, 0.2) is 0 Å². The highest BCUT2D eigenvalue weighted by molar-refractivity contribution is 5.26. The van der Waals surface area contributed by atoms with E-state index in [1.165, 1.54) is 11.1 Å². The van der Waals surface area contributed by atoms with Gasteiger partial charge in [0.1, 0.15) is 0 Å². The fourth-order valence-electron chi connectivity index (χ4n) is 2.21. The summed E-state index contributed by atoms with van der Waals surface area (Å²) >= 11 is 0. The molecule has 3 heteroatoms. The lowest BCUT2D eigenvalue weighted by molar-refractivity contribution is 0.0169. The maximum atomic E-state index is 5.27. The molecule has 17 heavy (non-hydrogen) atoms. The molecule has 1 aliphatic rings. The third-order valence-corrected chi connectivity index (χ3v) is 3.43. The maximum Gasteiger partial charge on any atom is 0.0716 e. The number of nitrogens with one attached hydrogen (secondary N) is 1. The summed E-state index contributed by atoms with van der Waals surface area (Å²) in [4.78, 5) is 0. The van der Waals surface area contributed by atoms with Gasteiger partial charge in [-0.25, -0.2) is 0 Å². The molecule has 3 nitrogen and oxygen atoms in total. The van der Waals surface area contributed by atoms with E-state index < -0.39 is 0 Å². The predicted octanol–water partition coefficient (Wildman–Crippen LogP) is 2.10. The molecule has 0 spiro atoms. The van der Waals surface area contributed by atoms with Gasteiger partial charge in [-0.1, -0.05) is 24.3 Å². The van der Waals surface area contributed by atoms with Crippen LogP contribution in [0.25, 0.3) is 0 Å². The highest BCUT2D eigenvalue weighted by Crippen LogP contribution is 2.23. The van der Waals surface area contributed by atoms with Crippen molar-refractivity contribution in [1.82, 2.24) is 5.32 Å². The molecule has 0 aromatic heterocycles. The third kappa shape index (κ3) is 3.28. The molecule has 0 aliphatic heterocycles. The van der Waals surface area contributed by atoms with E-state index in [4.69, 9.17) is 9.47 Å². The molecule has 0 bridgehead atoms. The van der Waals surface area contributed by atoms with Crippen molar-refractivity contribution in [2.75, 3.05) is 14.2 Å². The Kier molecular flexibility index (Phi) is 4.54. The zero-order valence-electron chi connectivity index (χ0n) is 10.6. The Balaban J connectivity index is 1.82. The van der Waals surface area contributed by atoms with Crippen molar-refractivity contribution in [3.8, 4) is 0 Å². The lowest BCUT2D eigenvalue weighted by Crippen LogP contribution is -2.44. The average Bonchev–Trinajstić information content (AvgIpc) is 2.30. The van der Waals surface area contributed by atoms with E-state index in [0.717, 1.165) is 19.4 Å². The summed E-state index contributed by atoms with van der Waals surface area (Å²) < 4.78 is 10.5. The molecule has 0 radical (unpaired) electrons. The fraction of sp³-hybridized carbons (Fsp3) is 0.571. The highest BCUT2D eigenvalue weighted by atomic mass is 16.5. The molecular weight excluding hydrogens is 214 g/mol. The molecule has 0 amide bonds. The van der Waals surface area contributed by atoms with E-state index in [9.17, 15) is 0 Å². The van der Waals surface area contributed by atoms with Crippen LogP contribution in [0.5, 0.6) is 0 Å². The Morgan fingerprint density at radius 2 is 1.88 bits per heavy atom. The molecule has 1 saturated carbocycles. The van der Waals surface area contributed by atoms with Gasteiger partial charge in [-0.15, -0.1) is 0 Å². The van der Waals surface area contributed by atoms with E-state index in [1.54, 1.807) is 14.2 Å². The summed E-state index contributed by atoms with van der Waals surface area (Å²) in [6, 6.07) is 9.03. The number of hydrogen-bond acceptors (Lipinski definition) is 3.